The quantitative estimate of drug-likeness (QED) is 0.269. The summed E-state index contributed by atoms with van der Waals surface area (Å²) < 4.78 is 7.71. The van der Waals surface area contributed by atoms with E-state index in [-0.39, 0.29) is 18.2 Å². The molecule has 0 unspecified atom stereocenters. The largest absolute Gasteiger partial charge is 0.451 e. The monoisotopic (exact) mass is 489 g/mol. The molecule has 1 aromatic heterocycles. The summed E-state index contributed by atoms with van der Waals surface area (Å²) in [5.41, 5.74) is 4.17. The van der Waals surface area contributed by atoms with Gasteiger partial charge in [0.05, 0.1) is 5.69 Å². The standard InChI is InChI=1S/C25H20BrN3O3/c1-16-5-3-7-19(13-16)24-27-23(28-29(24)21-8-4-6-17(2)14-21)25(31)32-15-22(30)18-9-11-20(26)12-10-18/h3-14H,15H2,1-2H3. The molecule has 4 rings (SSSR count). The van der Waals surface area contributed by atoms with Crippen LogP contribution in [0.15, 0.2) is 77.3 Å². The molecule has 0 saturated carbocycles. The van der Waals surface area contributed by atoms with Crippen molar-refractivity contribution in [1.29, 1.82) is 0 Å². The number of carbonyl (C=O) groups is 2. The smallest absolute Gasteiger partial charge is 0.378 e. The summed E-state index contributed by atoms with van der Waals surface area (Å²) in [4.78, 5) is 29.5. The number of ketones is 1. The van der Waals surface area contributed by atoms with E-state index in [4.69, 9.17) is 4.74 Å². The molecule has 0 bridgehead atoms. The maximum absolute atomic E-state index is 12.7. The highest BCUT2D eigenvalue weighted by Crippen LogP contribution is 2.23. The van der Waals surface area contributed by atoms with E-state index in [2.05, 4.69) is 26.0 Å². The highest BCUT2D eigenvalue weighted by Gasteiger charge is 2.21. The second-order valence-corrected chi connectivity index (χ2v) is 8.30. The minimum absolute atomic E-state index is 0.105. The Labute approximate surface area is 194 Å². The Balaban J connectivity index is 1.62. The molecular formula is C25H20BrN3O3. The van der Waals surface area contributed by atoms with Gasteiger partial charge in [-0.2, -0.15) is 0 Å². The molecule has 0 aliphatic carbocycles. The summed E-state index contributed by atoms with van der Waals surface area (Å²) in [5, 5.41) is 4.40. The average Bonchev–Trinajstić information content (AvgIpc) is 3.23. The number of benzene rings is 3. The molecule has 0 aliphatic rings. The molecule has 6 nitrogen and oxygen atoms in total. The van der Waals surface area contributed by atoms with Crippen LogP contribution in [0.1, 0.15) is 32.1 Å². The molecule has 1 heterocycles. The lowest BCUT2D eigenvalue weighted by molar-refractivity contribution is 0.0462. The van der Waals surface area contributed by atoms with Gasteiger partial charge in [-0.05, 0) is 49.7 Å². The molecule has 160 valence electrons. The van der Waals surface area contributed by atoms with Crippen LogP contribution in [0.4, 0.5) is 0 Å². The van der Waals surface area contributed by atoms with Crippen LogP contribution in [0, 0.1) is 13.8 Å². The number of ether oxygens (including phenoxy) is 1. The van der Waals surface area contributed by atoms with E-state index in [0.29, 0.717) is 11.4 Å². The van der Waals surface area contributed by atoms with Gasteiger partial charge >= 0.3 is 5.97 Å². The van der Waals surface area contributed by atoms with Crippen LogP contribution in [-0.2, 0) is 4.74 Å². The average molecular weight is 490 g/mol. The second-order valence-electron chi connectivity index (χ2n) is 7.39. The van der Waals surface area contributed by atoms with Crippen molar-refractivity contribution in [3.8, 4) is 17.1 Å². The fraction of sp³-hybridized carbons (Fsp3) is 0.120. The number of rotatable bonds is 6. The number of hydrogen-bond acceptors (Lipinski definition) is 5. The summed E-state index contributed by atoms with van der Waals surface area (Å²) in [7, 11) is 0. The first kappa shape index (κ1) is 21.6. The highest BCUT2D eigenvalue weighted by atomic mass is 79.9. The highest BCUT2D eigenvalue weighted by molar-refractivity contribution is 9.10. The summed E-state index contributed by atoms with van der Waals surface area (Å²) in [6.07, 6.45) is 0. The molecule has 0 fully saturated rings. The molecule has 0 N–H and O–H groups in total. The molecule has 3 aromatic carbocycles. The van der Waals surface area contributed by atoms with Crippen molar-refractivity contribution in [3.05, 3.63) is 99.8 Å². The van der Waals surface area contributed by atoms with Crippen LogP contribution in [0.2, 0.25) is 0 Å². The SMILES string of the molecule is Cc1cccc(-c2nc(C(=O)OCC(=O)c3ccc(Br)cc3)nn2-c2cccc(C)c2)c1. The van der Waals surface area contributed by atoms with Crippen molar-refractivity contribution >= 4 is 27.7 Å². The van der Waals surface area contributed by atoms with E-state index in [9.17, 15) is 9.59 Å². The Bertz CT molecular complexity index is 1230. The topological polar surface area (TPSA) is 74.1 Å². The molecule has 0 amide bonds. The molecule has 32 heavy (non-hydrogen) atoms. The minimum atomic E-state index is -0.754. The van der Waals surface area contributed by atoms with Crippen LogP contribution in [0.25, 0.3) is 17.1 Å². The zero-order chi connectivity index (χ0) is 22.7. The Morgan fingerprint density at radius 3 is 2.31 bits per heavy atom. The lowest BCUT2D eigenvalue weighted by Gasteiger charge is -2.07. The van der Waals surface area contributed by atoms with Gasteiger partial charge in [-0.1, -0.05) is 64.0 Å². The summed E-state index contributed by atoms with van der Waals surface area (Å²) in [6, 6.07) is 22.4. The Morgan fingerprint density at radius 1 is 0.938 bits per heavy atom. The van der Waals surface area contributed by atoms with E-state index in [0.717, 1.165) is 26.9 Å². The van der Waals surface area contributed by atoms with Crippen molar-refractivity contribution in [3.63, 3.8) is 0 Å². The molecule has 0 radical (unpaired) electrons. The van der Waals surface area contributed by atoms with Crippen molar-refractivity contribution in [2.24, 2.45) is 0 Å². The van der Waals surface area contributed by atoms with Gasteiger partial charge in [0.25, 0.3) is 5.82 Å². The maximum atomic E-state index is 12.7. The third kappa shape index (κ3) is 4.84. The molecule has 0 saturated heterocycles. The Morgan fingerprint density at radius 2 is 1.62 bits per heavy atom. The first-order valence-corrected chi connectivity index (χ1v) is 10.8. The summed E-state index contributed by atoms with van der Waals surface area (Å²) in [6.45, 7) is 3.58. The van der Waals surface area contributed by atoms with Gasteiger partial charge in [0, 0.05) is 15.6 Å². The number of esters is 1. The number of halogens is 1. The predicted octanol–water partition coefficient (Wildman–Crippen LogP) is 5.35. The van der Waals surface area contributed by atoms with Gasteiger partial charge in [0.2, 0.25) is 0 Å². The second kappa shape index (κ2) is 9.28. The number of Topliss-reactive ketones (excluding diaryl/α,β-unsaturated/α-hetero) is 1. The van der Waals surface area contributed by atoms with Gasteiger partial charge in [0.1, 0.15) is 0 Å². The van der Waals surface area contributed by atoms with Gasteiger partial charge < -0.3 is 4.74 Å². The molecule has 4 aromatic rings. The number of aryl methyl sites for hydroxylation is 2. The zero-order valence-electron chi connectivity index (χ0n) is 17.6. The maximum Gasteiger partial charge on any atom is 0.378 e. The first-order valence-electron chi connectivity index (χ1n) is 9.98. The number of nitrogens with zero attached hydrogens (tertiary/aromatic N) is 3. The fourth-order valence-electron chi connectivity index (χ4n) is 3.22. The number of carbonyl (C=O) groups excluding carboxylic acids is 2. The minimum Gasteiger partial charge on any atom is -0.451 e. The van der Waals surface area contributed by atoms with Crippen LogP contribution < -0.4 is 0 Å². The molecule has 0 atom stereocenters. The zero-order valence-corrected chi connectivity index (χ0v) is 19.2. The van der Waals surface area contributed by atoms with Crippen LogP contribution in [-0.4, -0.2) is 33.1 Å². The summed E-state index contributed by atoms with van der Waals surface area (Å²) >= 11 is 3.33. The van der Waals surface area contributed by atoms with Gasteiger partial charge in [0.15, 0.2) is 18.2 Å². The van der Waals surface area contributed by atoms with Crippen molar-refractivity contribution < 1.29 is 14.3 Å². The lowest BCUT2D eigenvalue weighted by atomic mass is 10.1. The van der Waals surface area contributed by atoms with Crippen molar-refractivity contribution in [2.45, 2.75) is 13.8 Å². The van der Waals surface area contributed by atoms with Crippen molar-refractivity contribution in [2.75, 3.05) is 6.61 Å². The third-order valence-electron chi connectivity index (χ3n) is 4.81. The van der Waals surface area contributed by atoms with E-state index in [1.807, 2.05) is 62.4 Å². The molecule has 0 aliphatic heterocycles. The fourth-order valence-corrected chi connectivity index (χ4v) is 3.49. The van der Waals surface area contributed by atoms with Gasteiger partial charge in [-0.25, -0.2) is 14.5 Å². The third-order valence-corrected chi connectivity index (χ3v) is 5.34. The Hall–Kier alpha value is -3.58. The molecule has 7 heteroatoms. The normalized spacial score (nSPS) is 10.7. The predicted molar refractivity (Wildman–Crippen MR) is 125 cm³/mol. The van der Waals surface area contributed by atoms with Gasteiger partial charge in [-0.15, -0.1) is 5.10 Å². The van der Waals surface area contributed by atoms with Gasteiger partial charge in [-0.3, -0.25) is 4.79 Å². The van der Waals surface area contributed by atoms with E-state index in [1.165, 1.54) is 0 Å². The van der Waals surface area contributed by atoms with E-state index in [1.54, 1.807) is 28.9 Å². The molecule has 0 spiro atoms. The lowest BCUT2D eigenvalue weighted by Crippen LogP contribution is -2.15. The Kier molecular flexibility index (Phi) is 6.28. The van der Waals surface area contributed by atoms with Crippen LogP contribution >= 0.6 is 15.9 Å². The number of hydrogen-bond donors (Lipinski definition) is 0. The van der Waals surface area contributed by atoms with Crippen LogP contribution in [0.5, 0.6) is 0 Å². The summed E-state index contributed by atoms with van der Waals surface area (Å²) in [5.74, 6) is -0.643. The van der Waals surface area contributed by atoms with E-state index >= 15 is 0 Å². The molecular weight excluding hydrogens is 470 g/mol. The first-order chi connectivity index (χ1) is 15.4. The van der Waals surface area contributed by atoms with Crippen LogP contribution in [0.3, 0.4) is 0 Å². The number of aromatic nitrogens is 3. The van der Waals surface area contributed by atoms with Crippen molar-refractivity contribution in [1.82, 2.24) is 14.8 Å². The van der Waals surface area contributed by atoms with E-state index < -0.39 is 5.97 Å².